The molecule has 0 fully saturated rings. The highest BCUT2D eigenvalue weighted by Crippen LogP contribution is 2.29. The molecule has 0 saturated heterocycles. The topological polar surface area (TPSA) is 67.2 Å². The van der Waals surface area contributed by atoms with E-state index in [-0.39, 0.29) is 5.56 Å². The van der Waals surface area contributed by atoms with Crippen LogP contribution in [0.5, 0.6) is 5.75 Å². The minimum atomic E-state index is -4.25. The van der Waals surface area contributed by atoms with Gasteiger partial charge in [0.15, 0.2) is 0 Å². The van der Waals surface area contributed by atoms with Gasteiger partial charge in [-0.25, -0.2) is 8.42 Å². The monoisotopic (exact) mass is 267 g/mol. The van der Waals surface area contributed by atoms with Gasteiger partial charge in [0.1, 0.15) is 10.6 Å². The Balaban J connectivity index is 3.35. The highest BCUT2D eigenvalue weighted by atomic mass is 35.7. The summed E-state index contributed by atoms with van der Waals surface area (Å²) in [5.74, 6) is -0.594. The number of nitrogens with zero attached hydrogens (tertiary/aromatic N) is 1. The summed E-state index contributed by atoms with van der Waals surface area (Å²) in [5.41, 5.74) is -0.0270. The number of nitriles is 1. The van der Waals surface area contributed by atoms with E-state index in [0.29, 0.717) is 0 Å². The minimum absolute atomic E-state index is 0.0270. The fourth-order valence-electron chi connectivity index (χ4n) is 0.961. The van der Waals surface area contributed by atoms with Crippen molar-refractivity contribution in [2.45, 2.75) is 11.5 Å². The molecule has 1 aromatic rings. The molecule has 1 aromatic carbocycles. The molecule has 0 N–H and O–H groups in total. The van der Waals surface area contributed by atoms with Crippen molar-refractivity contribution in [3.8, 4) is 11.8 Å². The van der Waals surface area contributed by atoms with Crippen molar-refractivity contribution in [1.29, 1.82) is 5.26 Å². The van der Waals surface area contributed by atoms with Gasteiger partial charge in [-0.15, -0.1) is 0 Å². The molecule has 0 atom stereocenters. The van der Waals surface area contributed by atoms with Crippen LogP contribution in [0.4, 0.5) is 8.78 Å². The minimum Gasteiger partial charge on any atom is -0.433 e. The van der Waals surface area contributed by atoms with E-state index >= 15 is 0 Å². The number of ether oxygens (including phenoxy) is 1. The average Bonchev–Trinajstić information content (AvgIpc) is 2.15. The lowest BCUT2D eigenvalue weighted by Crippen LogP contribution is -2.06. The Hall–Kier alpha value is -1.39. The lowest BCUT2D eigenvalue weighted by atomic mass is 10.2. The van der Waals surface area contributed by atoms with E-state index in [9.17, 15) is 17.2 Å². The highest BCUT2D eigenvalue weighted by molar-refractivity contribution is 8.13. The standard InChI is InChI=1S/C8H4ClF2NO3S/c9-16(13,14)7-3-5(4-12)1-2-6(7)15-8(10)11/h1-3,8H. The third-order valence-electron chi connectivity index (χ3n) is 1.55. The summed E-state index contributed by atoms with van der Waals surface area (Å²) in [5, 5.41) is 8.52. The smallest absolute Gasteiger partial charge is 0.387 e. The van der Waals surface area contributed by atoms with Gasteiger partial charge in [-0.1, -0.05) is 0 Å². The molecule has 4 nitrogen and oxygen atoms in total. The molecule has 16 heavy (non-hydrogen) atoms. The Morgan fingerprint density at radius 1 is 1.44 bits per heavy atom. The van der Waals surface area contributed by atoms with E-state index in [1.165, 1.54) is 0 Å². The molecule has 0 aromatic heterocycles. The molecule has 0 unspecified atom stereocenters. The van der Waals surface area contributed by atoms with Crippen molar-refractivity contribution in [3.63, 3.8) is 0 Å². The molecular weight excluding hydrogens is 264 g/mol. The summed E-state index contributed by atoms with van der Waals surface area (Å²) in [6, 6.07) is 4.60. The highest BCUT2D eigenvalue weighted by Gasteiger charge is 2.20. The van der Waals surface area contributed by atoms with Crippen LogP contribution in [0.2, 0.25) is 0 Å². The molecule has 0 radical (unpaired) electrons. The maximum Gasteiger partial charge on any atom is 0.387 e. The predicted octanol–water partition coefficient (Wildman–Crippen LogP) is 2.09. The molecule has 0 amide bonds. The quantitative estimate of drug-likeness (QED) is 0.787. The van der Waals surface area contributed by atoms with Gasteiger partial charge >= 0.3 is 6.61 Å². The molecule has 86 valence electrons. The van der Waals surface area contributed by atoms with Gasteiger partial charge < -0.3 is 4.74 Å². The molecular formula is C8H4ClF2NO3S. The first-order valence-electron chi connectivity index (χ1n) is 3.78. The lowest BCUT2D eigenvalue weighted by Gasteiger charge is -2.08. The van der Waals surface area contributed by atoms with Crippen molar-refractivity contribution < 1.29 is 21.9 Å². The van der Waals surface area contributed by atoms with E-state index in [1.807, 2.05) is 0 Å². The SMILES string of the molecule is N#Cc1ccc(OC(F)F)c(S(=O)(=O)Cl)c1. The number of halogens is 3. The van der Waals surface area contributed by atoms with Crippen LogP contribution in [0.25, 0.3) is 0 Å². The predicted molar refractivity (Wildman–Crippen MR) is 50.8 cm³/mol. The van der Waals surface area contributed by atoms with Crippen molar-refractivity contribution in [3.05, 3.63) is 23.8 Å². The normalized spacial score (nSPS) is 11.2. The van der Waals surface area contributed by atoms with Gasteiger partial charge in [0, 0.05) is 10.7 Å². The average molecular weight is 268 g/mol. The van der Waals surface area contributed by atoms with E-state index < -0.39 is 26.3 Å². The maximum atomic E-state index is 11.9. The largest absolute Gasteiger partial charge is 0.433 e. The second-order valence-electron chi connectivity index (χ2n) is 2.59. The lowest BCUT2D eigenvalue weighted by molar-refractivity contribution is -0.0517. The molecule has 0 aliphatic rings. The first-order chi connectivity index (χ1) is 7.34. The Morgan fingerprint density at radius 3 is 2.50 bits per heavy atom. The molecule has 1 rings (SSSR count). The fraction of sp³-hybridized carbons (Fsp3) is 0.125. The zero-order valence-corrected chi connectivity index (χ0v) is 9.10. The zero-order valence-electron chi connectivity index (χ0n) is 7.52. The Labute approximate surface area is 94.4 Å². The van der Waals surface area contributed by atoms with E-state index in [0.717, 1.165) is 18.2 Å². The maximum absolute atomic E-state index is 11.9. The first-order valence-corrected chi connectivity index (χ1v) is 6.09. The van der Waals surface area contributed by atoms with Crippen LogP contribution >= 0.6 is 10.7 Å². The molecule has 8 heteroatoms. The number of benzene rings is 1. The molecule has 0 heterocycles. The number of hydrogen-bond donors (Lipinski definition) is 0. The van der Waals surface area contributed by atoms with Crippen LogP contribution in [0, 0.1) is 11.3 Å². The van der Waals surface area contributed by atoms with E-state index in [4.69, 9.17) is 15.9 Å². The molecule has 0 aliphatic carbocycles. The fourth-order valence-corrected chi connectivity index (χ4v) is 1.95. The van der Waals surface area contributed by atoms with E-state index in [2.05, 4.69) is 4.74 Å². The van der Waals surface area contributed by atoms with Crippen LogP contribution in [-0.4, -0.2) is 15.0 Å². The third kappa shape index (κ3) is 3.05. The summed E-state index contributed by atoms with van der Waals surface area (Å²) in [7, 11) is 0.765. The van der Waals surface area contributed by atoms with Crippen LogP contribution < -0.4 is 4.74 Å². The Kier molecular flexibility index (Phi) is 3.67. The molecule has 0 bridgehead atoms. The summed E-state index contributed by atoms with van der Waals surface area (Å²) >= 11 is 0. The van der Waals surface area contributed by atoms with Crippen molar-refractivity contribution >= 4 is 19.7 Å². The Bertz CT molecular complexity index is 539. The van der Waals surface area contributed by atoms with Crippen LogP contribution in [0.1, 0.15) is 5.56 Å². The van der Waals surface area contributed by atoms with Gasteiger partial charge in [0.2, 0.25) is 0 Å². The Morgan fingerprint density at radius 2 is 2.06 bits per heavy atom. The summed E-state index contributed by atoms with van der Waals surface area (Å²) in [6.07, 6.45) is 0. The van der Waals surface area contributed by atoms with Crippen molar-refractivity contribution in [2.24, 2.45) is 0 Å². The van der Waals surface area contributed by atoms with Crippen LogP contribution in [0.3, 0.4) is 0 Å². The first kappa shape index (κ1) is 12.7. The molecule has 0 saturated carbocycles. The van der Waals surface area contributed by atoms with Crippen molar-refractivity contribution in [1.82, 2.24) is 0 Å². The third-order valence-corrected chi connectivity index (χ3v) is 2.89. The summed E-state index contributed by atoms with van der Waals surface area (Å²) in [4.78, 5) is -0.659. The second kappa shape index (κ2) is 4.63. The van der Waals surface area contributed by atoms with Crippen LogP contribution in [0.15, 0.2) is 23.1 Å². The van der Waals surface area contributed by atoms with Crippen LogP contribution in [-0.2, 0) is 9.05 Å². The number of alkyl halides is 2. The van der Waals surface area contributed by atoms with Gasteiger partial charge in [-0.05, 0) is 18.2 Å². The summed E-state index contributed by atoms with van der Waals surface area (Å²) in [6.45, 7) is -3.18. The van der Waals surface area contributed by atoms with Gasteiger partial charge in [-0.2, -0.15) is 14.0 Å². The summed E-state index contributed by atoms with van der Waals surface area (Å²) < 4.78 is 49.9. The van der Waals surface area contributed by atoms with Gasteiger partial charge in [0.25, 0.3) is 9.05 Å². The number of rotatable bonds is 3. The van der Waals surface area contributed by atoms with Crippen molar-refractivity contribution in [2.75, 3.05) is 0 Å². The molecule has 0 aliphatic heterocycles. The molecule has 0 spiro atoms. The zero-order chi connectivity index (χ0) is 12.3. The second-order valence-corrected chi connectivity index (χ2v) is 5.12. The number of hydrogen-bond acceptors (Lipinski definition) is 4. The van der Waals surface area contributed by atoms with Gasteiger partial charge in [-0.3, -0.25) is 0 Å². The van der Waals surface area contributed by atoms with Gasteiger partial charge in [0.05, 0.1) is 11.6 Å². The van der Waals surface area contributed by atoms with E-state index in [1.54, 1.807) is 6.07 Å².